The van der Waals surface area contributed by atoms with Crippen LogP contribution in [0, 0.1) is 23.2 Å². The molecular formula is C47H69N11O9. The molecule has 2 heterocycles. The number of carbonyl (C=O) groups is 9. The summed E-state index contributed by atoms with van der Waals surface area (Å²) in [7, 11) is 3.13. The summed E-state index contributed by atoms with van der Waals surface area (Å²) in [4.78, 5) is 133. The number of aromatic nitrogens is 2. The van der Waals surface area contributed by atoms with Crippen molar-refractivity contribution in [2.45, 2.75) is 123 Å². The number of hydrogen-bond donors (Lipinski definition) is 7. The molecule has 0 spiro atoms. The zero-order valence-corrected chi connectivity index (χ0v) is 40.0. The Labute approximate surface area is 392 Å². The molecule has 20 nitrogen and oxygen atoms in total. The molecular weight excluding hydrogens is 863 g/mol. The summed E-state index contributed by atoms with van der Waals surface area (Å²) in [6.45, 7) is 9.89. The summed E-state index contributed by atoms with van der Waals surface area (Å²) in [5.74, 6) is -6.96. The first kappa shape index (κ1) is 53.1. The van der Waals surface area contributed by atoms with Crippen LogP contribution in [0.2, 0.25) is 0 Å². The van der Waals surface area contributed by atoms with Crippen molar-refractivity contribution in [3.8, 4) is 0 Å². The molecule has 0 bridgehead atoms. The van der Waals surface area contributed by atoms with Crippen molar-refractivity contribution >= 4 is 58.9 Å². The lowest BCUT2D eigenvalue weighted by Gasteiger charge is -2.35. The quantitative estimate of drug-likeness (QED) is 0.0943. The molecule has 0 radical (unpaired) electrons. The molecule has 7 N–H and O–H groups in total. The minimum Gasteiger partial charge on any atom is -0.349 e. The second-order valence-electron chi connectivity index (χ2n) is 19.0. The van der Waals surface area contributed by atoms with Crippen molar-refractivity contribution in [3.63, 3.8) is 0 Å². The summed E-state index contributed by atoms with van der Waals surface area (Å²) < 4.78 is 0. The average Bonchev–Trinajstić information content (AvgIpc) is 3.72. The summed E-state index contributed by atoms with van der Waals surface area (Å²) in [5.41, 5.74) is -0.376. The minimum absolute atomic E-state index is 0.0312. The molecule has 366 valence electrons. The Morgan fingerprint density at radius 1 is 0.836 bits per heavy atom. The highest BCUT2D eigenvalue weighted by molar-refractivity contribution is 6.38. The fraction of sp³-hybridized carbons (Fsp3) is 0.596. The Morgan fingerprint density at radius 2 is 1.52 bits per heavy atom. The van der Waals surface area contributed by atoms with Crippen molar-refractivity contribution in [3.05, 3.63) is 54.6 Å². The van der Waals surface area contributed by atoms with Gasteiger partial charge in [0.2, 0.25) is 35.3 Å². The number of rotatable bonds is 20. The second-order valence-corrected chi connectivity index (χ2v) is 19.0. The van der Waals surface area contributed by atoms with E-state index in [2.05, 4.69) is 47.2 Å². The van der Waals surface area contributed by atoms with E-state index in [0.717, 1.165) is 19.3 Å². The van der Waals surface area contributed by atoms with E-state index in [0.29, 0.717) is 31.4 Å². The van der Waals surface area contributed by atoms with E-state index in [1.54, 1.807) is 72.1 Å². The molecule has 20 heteroatoms. The standard InChI is InChI=1S/C47H69N11O9/c1-9-16-32(38(60)43(64)50-25-36(59)52-33(23-28(2)3)45(66)57(7)8)53-40(61)31-26-58(46(67)51-30-19-14-11-15-20-30)27-35(31)54-44(65)39(47(4,5)6)56-42(63)37(29-17-12-10-13-18-29)55-41(62)34-24-48-21-22-49-34/h11,14-15,19-22,24,28-29,31-33,35,37,39H,9-10,12-13,16-18,23,25-27H2,1-8H3,(H,50,64)(H,51,67)(H,52,59)(H,53,61)(H,54,65)(H,55,62)(H,56,63)/t31-,32+,33+,35+,37+,39-/m1/s1. The van der Waals surface area contributed by atoms with Crippen molar-refractivity contribution in [1.82, 2.24) is 51.7 Å². The van der Waals surface area contributed by atoms with Gasteiger partial charge in [-0.25, -0.2) is 9.78 Å². The van der Waals surface area contributed by atoms with Crippen molar-refractivity contribution < 1.29 is 43.2 Å². The highest BCUT2D eigenvalue weighted by Crippen LogP contribution is 2.28. The van der Waals surface area contributed by atoms with Crippen LogP contribution in [-0.4, -0.2) is 137 Å². The molecule has 1 aliphatic heterocycles. The summed E-state index contributed by atoms with van der Waals surface area (Å²) in [6, 6.07) is 2.70. The third-order valence-electron chi connectivity index (χ3n) is 11.8. The summed E-state index contributed by atoms with van der Waals surface area (Å²) >= 11 is 0. The number of para-hydroxylation sites is 1. The van der Waals surface area contributed by atoms with Gasteiger partial charge in [-0.05, 0) is 55.1 Å². The molecule has 1 aromatic carbocycles. The van der Waals surface area contributed by atoms with E-state index in [-0.39, 0.29) is 42.9 Å². The van der Waals surface area contributed by atoms with E-state index in [9.17, 15) is 43.2 Å². The van der Waals surface area contributed by atoms with E-state index in [1.807, 2.05) is 13.8 Å². The Morgan fingerprint density at radius 3 is 2.12 bits per heavy atom. The Hall–Kier alpha value is -6.47. The predicted octanol–water partition coefficient (Wildman–Crippen LogP) is 1.92. The van der Waals surface area contributed by atoms with Gasteiger partial charge in [0.05, 0.1) is 30.7 Å². The van der Waals surface area contributed by atoms with E-state index in [1.165, 1.54) is 28.4 Å². The number of Topliss-reactive ketones (excluding diaryl/α,β-unsaturated/α-hetero) is 1. The molecule has 67 heavy (non-hydrogen) atoms. The number of likely N-dealkylation sites (N-methyl/N-ethyl adjacent to an activating group) is 1. The maximum atomic E-state index is 14.5. The van der Waals surface area contributed by atoms with Gasteiger partial charge in [0.25, 0.3) is 11.8 Å². The lowest BCUT2D eigenvalue weighted by Crippen LogP contribution is -2.61. The lowest BCUT2D eigenvalue weighted by molar-refractivity contribution is -0.141. The molecule has 4 rings (SSSR count). The fourth-order valence-corrected chi connectivity index (χ4v) is 8.27. The molecule has 2 aromatic rings. The molecule has 9 amide bonds. The van der Waals surface area contributed by atoms with Crippen molar-refractivity contribution in [2.24, 2.45) is 23.2 Å². The predicted molar refractivity (Wildman–Crippen MR) is 249 cm³/mol. The smallest absolute Gasteiger partial charge is 0.321 e. The number of anilines is 1. The molecule has 6 atom stereocenters. The molecule has 1 aromatic heterocycles. The highest BCUT2D eigenvalue weighted by atomic mass is 16.2. The molecule has 2 aliphatic rings. The van der Waals surface area contributed by atoms with Crippen LogP contribution in [-0.2, 0) is 33.6 Å². The SMILES string of the molecule is CCC[C@H](NC(=O)[C@@H]1CN(C(=O)Nc2ccccc2)C[C@@H]1NC(=O)[C@@H](NC(=O)[C@@H](NC(=O)c1cnccn1)C1CCCCC1)C(C)(C)C)C(=O)C(=O)NCC(=O)N[C@@H](CC(C)C)C(=O)N(C)C. The number of nitrogens with zero attached hydrogens (tertiary/aromatic N) is 4. The normalized spacial score (nSPS) is 18.0. The fourth-order valence-electron chi connectivity index (χ4n) is 8.27. The van der Waals surface area contributed by atoms with Gasteiger partial charge in [-0.3, -0.25) is 43.3 Å². The number of carbonyl (C=O) groups excluding carboxylic acids is 9. The maximum Gasteiger partial charge on any atom is 0.321 e. The number of benzene rings is 1. The Balaban J connectivity index is 1.53. The summed E-state index contributed by atoms with van der Waals surface area (Å²) in [5, 5.41) is 19.0. The van der Waals surface area contributed by atoms with Crippen LogP contribution in [0.3, 0.4) is 0 Å². The van der Waals surface area contributed by atoms with Gasteiger partial charge in [-0.1, -0.05) is 85.4 Å². The van der Waals surface area contributed by atoms with Gasteiger partial charge in [0.1, 0.15) is 23.8 Å². The largest absolute Gasteiger partial charge is 0.349 e. The van der Waals surface area contributed by atoms with E-state index >= 15 is 0 Å². The van der Waals surface area contributed by atoms with Crippen molar-refractivity contribution in [2.75, 3.05) is 39.0 Å². The van der Waals surface area contributed by atoms with Gasteiger partial charge >= 0.3 is 6.03 Å². The lowest BCUT2D eigenvalue weighted by atomic mass is 9.82. The number of nitrogens with one attached hydrogen (secondary N) is 7. The monoisotopic (exact) mass is 932 g/mol. The Kier molecular flexibility index (Phi) is 19.7. The summed E-state index contributed by atoms with van der Waals surface area (Å²) in [6.07, 6.45) is 8.96. The highest BCUT2D eigenvalue weighted by Gasteiger charge is 2.45. The number of ketones is 1. The minimum atomic E-state index is -1.33. The van der Waals surface area contributed by atoms with Crippen LogP contribution in [0.15, 0.2) is 48.9 Å². The van der Waals surface area contributed by atoms with Gasteiger partial charge in [0.15, 0.2) is 0 Å². The van der Waals surface area contributed by atoms with Gasteiger partial charge in [-0.15, -0.1) is 0 Å². The molecule has 0 unspecified atom stereocenters. The van der Waals surface area contributed by atoms with Gasteiger partial charge < -0.3 is 47.0 Å². The third-order valence-corrected chi connectivity index (χ3v) is 11.8. The third kappa shape index (κ3) is 15.8. The number of amides is 9. The van der Waals surface area contributed by atoms with Crippen LogP contribution < -0.4 is 37.2 Å². The molecule has 1 aliphatic carbocycles. The van der Waals surface area contributed by atoms with Crippen LogP contribution >= 0.6 is 0 Å². The van der Waals surface area contributed by atoms with Crippen LogP contribution in [0.1, 0.15) is 103 Å². The van der Waals surface area contributed by atoms with Gasteiger partial charge in [-0.2, -0.15) is 0 Å². The van der Waals surface area contributed by atoms with Crippen molar-refractivity contribution in [1.29, 1.82) is 0 Å². The van der Waals surface area contributed by atoms with Crippen LogP contribution in [0.4, 0.5) is 10.5 Å². The molecule has 1 saturated carbocycles. The van der Waals surface area contributed by atoms with E-state index < -0.39 is 95.3 Å². The zero-order valence-electron chi connectivity index (χ0n) is 40.0. The number of urea groups is 1. The maximum absolute atomic E-state index is 14.5. The molecule has 2 fully saturated rings. The second kappa shape index (κ2) is 24.9. The first-order chi connectivity index (χ1) is 31.7. The van der Waals surface area contributed by atoms with E-state index in [4.69, 9.17) is 0 Å². The van der Waals surface area contributed by atoms with Crippen LogP contribution in [0.5, 0.6) is 0 Å². The van der Waals surface area contributed by atoms with Gasteiger partial charge in [0, 0.05) is 45.3 Å². The average molecular weight is 932 g/mol. The Bertz CT molecular complexity index is 2060. The molecule has 1 saturated heterocycles. The number of hydrogen-bond acceptors (Lipinski definition) is 11. The topological polar surface area (TPSA) is 270 Å². The number of likely N-dealkylation sites (tertiary alicyclic amines) is 1. The van der Waals surface area contributed by atoms with Crippen LogP contribution in [0.25, 0.3) is 0 Å². The zero-order chi connectivity index (χ0) is 49.4. The first-order valence-electron chi connectivity index (χ1n) is 23.1. The first-order valence-corrected chi connectivity index (χ1v) is 23.1.